The fourth-order valence-corrected chi connectivity index (χ4v) is 2.63. The van der Waals surface area contributed by atoms with Crippen LogP contribution in [0.4, 0.5) is 5.82 Å². The van der Waals surface area contributed by atoms with Gasteiger partial charge in [-0.15, -0.1) is 0 Å². The van der Waals surface area contributed by atoms with E-state index in [0.717, 1.165) is 5.56 Å². The molecule has 0 unspecified atom stereocenters. The molecule has 0 aliphatic heterocycles. The standard InChI is InChI=1S/C20H20N4O2/c1-24-13-12-18(23-24)22-19(25)14-17(15-8-4-2-5-9-15)21-20(26)16-10-6-3-7-11-16/h2-13,17H,14H2,1H3,(H,21,26)(H,22,23,25)/t17-/m0/s1. The lowest BCUT2D eigenvalue weighted by Gasteiger charge is -2.19. The first kappa shape index (κ1) is 17.4. The van der Waals surface area contributed by atoms with Gasteiger partial charge in [0.2, 0.25) is 5.91 Å². The highest BCUT2D eigenvalue weighted by Crippen LogP contribution is 2.18. The summed E-state index contributed by atoms with van der Waals surface area (Å²) < 4.78 is 1.61. The van der Waals surface area contributed by atoms with E-state index in [1.807, 2.05) is 36.4 Å². The molecule has 2 aromatic carbocycles. The number of amides is 2. The van der Waals surface area contributed by atoms with Gasteiger partial charge in [-0.05, 0) is 17.7 Å². The van der Waals surface area contributed by atoms with Crippen molar-refractivity contribution >= 4 is 17.6 Å². The average molecular weight is 348 g/mol. The lowest BCUT2D eigenvalue weighted by atomic mass is 10.0. The summed E-state index contributed by atoms with van der Waals surface area (Å²) >= 11 is 0. The van der Waals surface area contributed by atoms with Crippen molar-refractivity contribution < 1.29 is 9.59 Å². The molecule has 2 amide bonds. The minimum absolute atomic E-state index is 0.110. The topological polar surface area (TPSA) is 76.0 Å². The van der Waals surface area contributed by atoms with E-state index in [1.54, 1.807) is 48.3 Å². The minimum Gasteiger partial charge on any atom is -0.345 e. The molecule has 1 aromatic heterocycles. The Morgan fingerprint density at radius 2 is 1.65 bits per heavy atom. The van der Waals surface area contributed by atoms with Crippen LogP contribution in [0.5, 0.6) is 0 Å². The predicted octanol–water partition coefficient (Wildman–Crippen LogP) is 2.92. The zero-order valence-corrected chi connectivity index (χ0v) is 14.4. The van der Waals surface area contributed by atoms with Crippen LogP contribution in [0.1, 0.15) is 28.4 Å². The van der Waals surface area contributed by atoms with Crippen LogP contribution < -0.4 is 10.6 Å². The van der Waals surface area contributed by atoms with Gasteiger partial charge in [0, 0.05) is 24.9 Å². The van der Waals surface area contributed by atoms with Crippen molar-refractivity contribution in [2.45, 2.75) is 12.5 Å². The summed E-state index contributed by atoms with van der Waals surface area (Å²) in [6, 6.07) is 19.7. The fourth-order valence-electron chi connectivity index (χ4n) is 2.63. The quantitative estimate of drug-likeness (QED) is 0.719. The highest BCUT2D eigenvalue weighted by Gasteiger charge is 2.19. The summed E-state index contributed by atoms with van der Waals surface area (Å²) in [7, 11) is 1.78. The summed E-state index contributed by atoms with van der Waals surface area (Å²) in [6.07, 6.45) is 1.86. The van der Waals surface area contributed by atoms with Gasteiger partial charge in [0.15, 0.2) is 5.82 Å². The van der Waals surface area contributed by atoms with Crippen LogP contribution in [0.25, 0.3) is 0 Å². The maximum atomic E-state index is 12.5. The second-order valence-corrected chi connectivity index (χ2v) is 5.93. The van der Waals surface area contributed by atoms with Gasteiger partial charge in [-0.2, -0.15) is 5.10 Å². The lowest BCUT2D eigenvalue weighted by Crippen LogP contribution is -2.31. The first-order valence-electron chi connectivity index (χ1n) is 8.32. The van der Waals surface area contributed by atoms with Gasteiger partial charge in [0.05, 0.1) is 12.5 Å². The van der Waals surface area contributed by atoms with E-state index in [1.165, 1.54) is 0 Å². The molecular weight excluding hydrogens is 328 g/mol. The molecule has 0 saturated carbocycles. The summed E-state index contributed by atoms with van der Waals surface area (Å²) in [5.41, 5.74) is 1.42. The molecule has 0 saturated heterocycles. The molecule has 6 heteroatoms. The van der Waals surface area contributed by atoms with Crippen LogP contribution in [0.15, 0.2) is 72.9 Å². The molecule has 0 bridgehead atoms. The molecular formula is C20H20N4O2. The Hall–Kier alpha value is -3.41. The van der Waals surface area contributed by atoms with E-state index in [-0.39, 0.29) is 18.2 Å². The number of carbonyl (C=O) groups excluding carboxylic acids is 2. The molecule has 0 radical (unpaired) electrons. The molecule has 0 spiro atoms. The van der Waals surface area contributed by atoms with Crippen LogP contribution in [0.2, 0.25) is 0 Å². The largest absolute Gasteiger partial charge is 0.345 e. The Bertz CT molecular complexity index is 875. The monoisotopic (exact) mass is 348 g/mol. The Morgan fingerprint density at radius 3 is 2.27 bits per heavy atom. The second-order valence-electron chi connectivity index (χ2n) is 5.93. The van der Waals surface area contributed by atoms with Gasteiger partial charge in [0.1, 0.15) is 0 Å². The maximum absolute atomic E-state index is 12.5. The molecule has 0 aliphatic rings. The number of hydrogen-bond donors (Lipinski definition) is 2. The van der Waals surface area contributed by atoms with E-state index in [9.17, 15) is 9.59 Å². The third kappa shape index (κ3) is 4.57. The molecule has 3 aromatic rings. The Kier molecular flexibility index (Phi) is 5.43. The number of benzene rings is 2. The fraction of sp³-hybridized carbons (Fsp3) is 0.150. The molecule has 26 heavy (non-hydrogen) atoms. The van der Waals surface area contributed by atoms with Crippen LogP contribution >= 0.6 is 0 Å². The van der Waals surface area contributed by atoms with Crippen molar-refractivity contribution in [3.8, 4) is 0 Å². The van der Waals surface area contributed by atoms with Gasteiger partial charge < -0.3 is 10.6 Å². The van der Waals surface area contributed by atoms with Crippen molar-refractivity contribution in [3.05, 3.63) is 84.1 Å². The molecule has 3 rings (SSSR count). The van der Waals surface area contributed by atoms with Gasteiger partial charge in [-0.1, -0.05) is 48.5 Å². The van der Waals surface area contributed by atoms with E-state index in [0.29, 0.717) is 11.4 Å². The number of hydrogen-bond acceptors (Lipinski definition) is 3. The van der Waals surface area contributed by atoms with Crippen molar-refractivity contribution in [2.24, 2.45) is 7.05 Å². The van der Waals surface area contributed by atoms with Crippen LogP contribution in [0, 0.1) is 0 Å². The molecule has 132 valence electrons. The summed E-state index contributed by atoms with van der Waals surface area (Å²) in [4.78, 5) is 24.9. The number of aromatic nitrogens is 2. The number of nitrogens with one attached hydrogen (secondary N) is 2. The van der Waals surface area contributed by atoms with Crippen molar-refractivity contribution in [1.29, 1.82) is 0 Å². The van der Waals surface area contributed by atoms with Crippen LogP contribution in [-0.2, 0) is 11.8 Å². The zero-order chi connectivity index (χ0) is 18.4. The Morgan fingerprint density at radius 1 is 1.00 bits per heavy atom. The first-order chi connectivity index (χ1) is 12.6. The summed E-state index contributed by atoms with van der Waals surface area (Å²) in [6.45, 7) is 0. The predicted molar refractivity (Wildman–Crippen MR) is 99.5 cm³/mol. The molecule has 0 aliphatic carbocycles. The Balaban J connectivity index is 1.73. The summed E-state index contributed by atoms with van der Waals surface area (Å²) in [5, 5.41) is 9.84. The Labute approximate surface area is 151 Å². The first-order valence-corrected chi connectivity index (χ1v) is 8.32. The molecule has 1 atom stereocenters. The third-order valence-electron chi connectivity index (χ3n) is 3.91. The SMILES string of the molecule is Cn1ccc(NC(=O)C[C@H](NC(=O)c2ccccc2)c2ccccc2)n1. The van der Waals surface area contributed by atoms with Gasteiger partial charge in [-0.3, -0.25) is 14.3 Å². The average Bonchev–Trinajstić information content (AvgIpc) is 3.07. The van der Waals surface area contributed by atoms with Crippen LogP contribution in [0.3, 0.4) is 0 Å². The minimum atomic E-state index is -0.437. The maximum Gasteiger partial charge on any atom is 0.251 e. The van der Waals surface area contributed by atoms with E-state index in [4.69, 9.17) is 0 Å². The normalized spacial score (nSPS) is 11.6. The number of anilines is 1. The summed E-state index contributed by atoms with van der Waals surface area (Å²) in [5.74, 6) is 0.0506. The number of aryl methyl sites for hydroxylation is 1. The highest BCUT2D eigenvalue weighted by atomic mass is 16.2. The van der Waals surface area contributed by atoms with Gasteiger partial charge in [-0.25, -0.2) is 0 Å². The smallest absolute Gasteiger partial charge is 0.251 e. The molecule has 2 N–H and O–H groups in total. The van der Waals surface area contributed by atoms with Crippen molar-refractivity contribution in [3.63, 3.8) is 0 Å². The number of carbonyl (C=O) groups is 2. The molecule has 6 nitrogen and oxygen atoms in total. The highest BCUT2D eigenvalue weighted by molar-refractivity contribution is 5.95. The zero-order valence-electron chi connectivity index (χ0n) is 14.4. The van der Waals surface area contributed by atoms with Crippen molar-refractivity contribution in [1.82, 2.24) is 15.1 Å². The third-order valence-corrected chi connectivity index (χ3v) is 3.91. The molecule has 0 fully saturated rings. The second kappa shape index (κ2) is 8.11. The lowest BCUT2D eigenvalue weighted by molar-refractivity contribution is -0.116. The van der Waals surface area contributed by atoms with Gasteiger partial charge in [0.25, 0.3) is 5.91 Å². The van der Waals surface area contributed by atoms with E-state index >= 15 is 0 Å². The van der Waals surface area contributed by atoms with Gasteiger partial charge >= 0.3 is 0 Å². The van der Waals surface area contributed by atoms with E-state index < -0.39 is 6.04 Å². The molecule has 1 heterocycles. The number of rotatable bonds is 6. The van der Waals surface area contributed by atoms with E-state index in [2.05, 4.69) is 15.7 Å². The number of nitrogens with zero attached hydrogens (tertiary/aromatic N) is 2. The van der Waals surface area contributed by atoms with Crippen molar-refractivity contribution in [2.75, 3.05) is 5.32 Å². The van der Waals surface area contributed by atoms with Crippen LogP contribution in [-0.4, -0.2) is 21.6 Å².